The van der Waals surface area contributed by atoms with Gasteiger partial charge in [0.15, 0.2) is 0 Å². The molecule has 0 radical (unpaired) electrons. The van der Waals surface area contributed by atoms with Crippen molar-refractivity contribution in [1.82, 2.24) is 6.15 Å². The average Bonchev–Trinajstić information content (AvgIpc) is 1.91. The lowest BCUT2D eigenvalue weighted by atomic mass is 10.2. The molecule has 0 spiro atoms. The van der Waals surface area contributed by atoms with E-state index in [-0.39, 0.29) is 30.7 Å². The summed E-state index contributed by atoms with van der Waals surface area (Å²) in [6, 6.07) is 0.0694. The van der Waals surface area contributed by atoms with E-state index in [0.717, 1.165) is 19.3 Å². The lowest BCUT2D eigenvalue weighted by Gasteiger charge is -2.04. The van der Waals surface area contributed by atoms with Crippen molar-refractivity contribution >= 4 is 12.4 Å². The van der Waals surface area contributed by atoms with E-state index in [2.05, 4.69) is 0 Å². The van der Waals surface area contributed by atoms with Gasteiger partial charge < -0.3 is 17.0 Å². The first-order valence-electron chi connectivity index (χ1n) is 2.74. The van der Waals surface area contributed by atoms with Crippen LogP contribution >= 0.6 is 12.4 Å². The first-order valence-corrected chi connectivity index (χ1v) is 2.74. The normalized spacial score (nSPS) is 32.7. The van der Waals surface area contributed by atoms with Crippen molar-refractivity contribution in [2.45, 2.75) is 31.4 Å². The molecule has 0 saturated heterocycles. The minimum atomic E-state index is -0.208. The topological polar surface area (TPSA) is 81.2 Å². The van der Waals surface area contributed by atoms with Gasteiger partial charge in [0.05, 0.1) is 6.10 Å². The molecule has 0 heterocycles. The largest absolute Gasteiger partial charge is 0.392 e. The standard InChI is InChI=1S/C5H11NO.ClH.H3N/c6-4-2-1-3-5(4)7;;/h4-5,7H,1-3,6H2;1H;1H3. The molecule has 9 heavy (non-hydrogen) atoms. The fourth-order valence-electron chi connectivity index (χ4n) is 0.969. The molecule has 3 nitrogen and oxygen atoms in total. The summed E-state index contributed by atoms with van der Waals surface area (Å²) in [6.45, 7) is 0. The highest BCUT2D eigenvalue weighted by molar-refractivity contribution is 5.85. The second kappa shape index (κ2) is 4.99. The Morgan fingerprint density at radius 2 is 1.89 bits per heavy atom. The molecule has 1 fully saturated rings. The summed E-state index contributed by atoms with van der Waals surface area (Å²) in [5, 5.41) is 8.87. The van der Waals surface area contributed by atoms with Crippen LogP contribution in [0.5, 0.6) is 0 Å². The van der Waals surface area contributed by atoms with E-state index in [4.69, 9.17) is 10.8 Å². The molecule has 1 aliphatic rings. The summed E-state index contributed by atoms with van der Waals surface area (Å²) in [5.41, 5.74) is 5.43. The Balaban J connectivity index is 0. The van der Waals surface area contributed by atoms with Gasteiger partial charge >= 0.3 is 0 Å². The van der Waals surface area contributed by atoms with Crippen LogP contribution in [0.15, 0.2) is 0 Å². The zero-order valence-electron chi connectivity index (χ0n) is 5.42. The maximum Gasteiger partial charge on any atom is 0.0691 e. The molecule has 1 rings (SSSR count). The number of rotatable bonds is 0. The van der Waals surface area contributed by atoms with Gasteiger partial charge in [-0.3, -0.25) is 0 Å². The van der Waals surface area contributed by atoms with Crippen LogP contribution in [0.25, 0.3) is 0 Å². The highest BCUT2D eigenvalue weighted by Gasteiger charge is 2.20. The van der Waals surface area contributed by atoms with Crippen LogP contribution in [0.2, 0.25) is 0 Å². The SMILES string of the molecule is Cl.N.NC1CCCC1O. The molecule has 0 aromatic rings. The molecule has 0 aromatic carbocycles. The van der Waals surface area contributed by atoms with E-state index >= 15 is 0 Å². The highest BCUT2D eigenvalue weighted by atomic mass is 35.5. The van der Waals surface area contributed by atoms with Gasteiger partial charge in [-0.1, -0.05) is 0 Å². The third kappa shape index (κ3) is 3.01. The molecule has 2 unspecified atom stereocenters. The van der Waals surface area contributed by atoms with Crippen LogP contribution in [-0.2, 0) is 0 Å². The molecular formula is C5H15ClN2O. The highest BCUT2D eigenvalue weighted by Crippen LogP contribution is 2.15. The van der Waals surface area contributed by atoms with Gasteiger partial charge in [0.1, 0.15) is 0 Å². The van der Waals surface area contributed by atoms with Gasteiger partial charge in [-0.05, 0) is 19.3 Å². The van der Waals surface area contributed by atoms with E-state index in [1.807, 2.05) is 0 Å². The molecule has 2 atom stereocenters. The van der Waals surface area contributed by atoms with Crippen molar-refractivity contribution < 1.29 is 5.11 Å². The predicted octanol–water partition coefficient (Wildman–Crippen LogP) is 0.442. The molecule has 1 aliphatic carbocycles. The number of nitrogens with two attached hydrogens (primary N) is 1. The lowest BCUT2D eigenvalue weighted by molar-refractivity contribution is 0.165. The quantitative estimate of drug-likeness (QED) is 0.474. The smallest absolute Gasteiger partial charge is 0.0691 e. The van der Waals surface area contributed by atoms with E-state index in [0.29, 0.717) is 0 Å². The Labute approximate surface area is 61.6 Å². The van der Waals surface area contributed by atoms with Crippen molar-refractivity contribution in [2.24, 2.45) is 5.73 Å². The first-order chi connectivity index (χ1) is 3.30. The van der Waals surface area contributed by atoms with Crippen molar-refractivity contribution in [3.05, 3.63) is 0 Å². The van der Waals surface area contributed by atoms with Gasteiger partial charge in [0.2, 0.25) is 0 Å². The minimum absolute atomic E-state index is 0. The van der Waals surface area contributed by atoms with Crippen LogP contribution in [0.4, 0.5) is 0 Å². The van der Waals surface area contributed by atoms with Crippen molar-refractivity contribution in [1.29, 1.82) is 0 Å². The maximum atomic E-state index is 8.87. The van der Waals surface area contributed by atoms with E-state index in [9.17, 15) is 0 Å². The summed E-state index contributed by atoms with van der Waals surface area (Å²) >= 11 is 0. The Bertz CT molecular complexity index is 64.0. The molecule has 6 N–H and O–H groups in total. The van der Waals surface area contributed by atoms with Gasteiger partial charge in [-0.15, -0.1) is 12.4 Å². The molecule has 0 aromatic heterocycles. The Morgan fingerprint density at radius 3 is 2.00 bits per heavy atom. The van der Waals surface area contributed by atoms with Crippen LogP contribution in [0.3, 0.4) is 0 Å². The third-order valence-electron chi connectivity index (χ3n) is 1.53. The number of hydrogen-bond acceptors (Lipinski definition) is 3. The predicted molar refractivity (Wildman–Crippen MR) is 40.1 cm³/mol. The first kappa shape index (κ1) is 11.9. The second-order valence-electron chi connectivity index (χ2n) is 2.16. The van der Waals surface area contributed by atoms with E-state index < -0.39 is 0 Å². The Morgan fingerprint density at radius 1 is 1.33 bits per heavy atom. The molecular weight excluding hydrogens is 140 g/mol. The summed E-state index contributed by atoms with van der Waals surface area (Å²) in [6.07, 6.45) is 2.80. The van der Waals surface area contributed by atoms with Crippen molar-refractivity contribution in [3.63, 3.8) is 0 Å². The van der Waals surface area contributed by atoms with Crippen LogP contribution in [-0.4, -0.2) is 17.3 Å². The molecule has 4 heteroatoms. The number of halogens is 1. The van der Waals surface area contributed by atoms with Crippen molar-refractivity contribution in [3.8, 4) is 0 Å². The van der Waals surface area contributed by atoms with Gasteiger partial charge in [0, 0.05) is 6.04 Å². The van der Waals surface area contributed by atoms with Gasteiger partial charge in [-0.25, -0.2) is 0 Å². The maximum absolute atomic E-state index is 8.87. The summed E-state index contributed by atoms with van der Waals surface area (Å²) in [7, 11) is 0. The van der Waals surface area contributed by atoms with Gasteiger partial charge in [-0.2, -0.15) is 0 Å². The average molecular weight is 155 g/mol. The zero-order chi connectivity index (χ0) is 5.28. The second-order valence-corrected chi connectivity index (χ2v) is 2.16. The van der Waals surface area contributed by atoms with Crippen LogP contribution in [0, 0.1) is 0 Å². The zero-order valence-corrected chi connectivity index (χ0v) is 6.23. The molecule has 0 aliphatic heterocycles. The van der Waals surface area contributed by atoms with E-state index in [1.54, 1.807) is 0 Å². The fraction of sp³-hybridized carbons (Fsp3) is 1.00. The van der Waals surface area contributed by atoms with Crippen molar-refractivity contribution in [2.75, 3.05) is 0 Å². The van der Waals surface area contributed by atoms with Crippen LogP contribution in [0.1, 0.15) is 19.3 Å². The molecule has 1 saturated carbocycles. The third-order valence-corrected chi connectivity index (χ3v) is 1.53. The molecule has 0 amide bonds. The summed E-state index contributed by atoms with van der Waals surface area (Å²) < 4.78 is 0. The van der Waals surface area contributed by atoms with Crippen LogP contribution < -0.4 is 11.9 Å². The molecule has 58 valence electrons. The molecule has 0 bridgehead atoms. The summed E-state index contributed by atoms with van der Waals surface area (Å²) in [4.78, 5) is 0. The monoisotopic (exact) mass is 154 g/mol. The van der Waals surface area contributed by atoms with E-state index in [1.165, 1.54) is 0 Å². The fourth-order valence-corrected chi connectivity index (χ4v) is 0.969. The minimum Gasteiger partial charge on any atom is -0.392 e. The van der Waals surface area contributed by atoms with Gasteiger partial charge in [0.25, 0.3) is 0 Å². The number of aliphatic hydroxyl groups excluding tert-OH is 1. The number of hydrogen-bond donors (Lipinski definition) is 3. The Hall–Kier alpha value is 0.170. The Kier molecular flexibility index (Phi) is 6.61. The lowest BCUT2D eigenvalue weighted by Crippen LogP contribution is -2.28. The summed E-state index contributed by atoms with van der Waals surface area (Å²) in [5.74, 6) is 0. The number of aliphatic hydroxyl groups is 1.